The summed E-state index contributed by atoms with van der Waals surface area (Å²) in [5.74, 6) is 0.668. The van der Waals surface area contributed by atoms with Crippen LogP contribution in [0.5, 0.6) is 0 Å². The van der Waals surface area contributed by atoms with E-state index >= 15 is 0 Å². The Morgan fingerprint density at radius 2 is 1.88 bits per heavy atom. The molecule has 2 aromatic carbocycles. The predicted octanol–water partition coefficient (Wildman–Crippen LogP) is 3.91. The maximum Gasteiger partial charge on any atom is 0.234 e. The minimum absolute atomic E-state index is 0.0890. The summed E-state index contributed by atoms with van der Waals surface area (Å²) in [7, 11) is 0. The number of nitrogens with zero attached hydrogens (tertiary/aromatic N) is 4. The zero-order valence-electron chi connectivity index (χ0n) is 14.8. The first-order chi connectivity index (χ1) is 12.7. The van der Waals surface area contributed by atoms with Gasteiger partial charge in [0.1, 0.15) is 0 Å². The Morgan fingerprint density at radius 1 is 1.15 bits per heavy atom. The van der Waals surface area contributed by atoms with Gasteiger partial charge in [-0.1, -0.05) is 55.9 Å². The molecule has 1 unspecified atom stereocenters. The molecule has 0 spiro atoms. The van der Waals surface area contributed by atoms with E-state index in [0.717, 1.165) is 17.8 Å². The zero-order valence-corrected chi connectivity index (χ0v) is 15.6. The Bertz CT molecular complexity index is 848. The van der Waals surface area contributed by atoms with Crippen LogP contribution >= 0.6 is 11.8 Å². The first-order valence-corrected chi connectivity index (χ1v) is 9.52. The summed E-state index contributed by atoms with van der Waals surface area (Å²) < 4.78 is 1.62. The quantitative estimate of drug-likeness (QED) is 0.641. The number of benzene rings is 2. The fourth-order valence-electron chi connectivity index (χ4n) is 2.46. The summed E-state index contributed by atoms with van der Waals surface area (Å²) in [6.07, 6.45) is 1.10. The number of carbonyl (C=O) groups is 1. The fraction of sp³-hybridized carbons (Fsp3) is 0.263. The Labute approximate surface area is 157 Å². The van der Waals surface area contributed by atoms with Gasteiger partial charge in [0.05, 0.1) is 11.4 Å². The summed E-state index contributed by atoms with van der Waals surface area (Å²) in [5, 5.41) is 15.2. The molecule has 0 saturated carbocycles. The predicted molar refractivity (Wildman–Crippen MR) is 104 cm³/mol. The van der Waals surface area contributed by atoms with Crippen LogP contribution in [-0.4, -0.2) is 31.9 Å². The molecule has 1 aromatic heterocycles. The molecule has 0 aliphatic rings. The lowest BCUT2D eigenvalue weighted by molar-refractivity contribution is -0.113. The zero-order chi connectivity index (χ0) is 18.4. The second-order valence-electron chi connectivity index (χ2n) is 5.98. The van der Waals surface area contributed by atoms with Crippen LogP contribution in [0.1, 0.15) is 31.7 Å². The topological polar surface area (TPSA) is 72.7 Å². The molecule has 134 valence electrons. The number of carbonyl (C=O) groups excluding carboxylic acids is 1. The van der Waals surface area contributed by atoms with Gasteiger partial charge in [-0.05, 0) is 52.6 Å². The molecule has 3 aromatic rings. The lowest BCUT2D eigenvalue weighted by atomic mass is 9.99. The Hall–Kier alpha value is -2.67. The minimum Gasteiger partial charge on any atom is -0.325 e. The second kappa shape index (κ2) is 8.62. The van der Waals surface area contributed by atoms with Crippen LogP contribution in [0.15, 0.2) is 59.8 Å². The van der Waals surface area contributed by atoms with Crippen molar-refractivity contribution in [2.24, 2.45) is 0 Å². The molecule has 1 N–H and O–H groups in total. The van der Waals surface area contributed by atoms with Crippen molar-refractivity contribution >= 4 is 23.4 Å². The van der Waals surface area contributed by atoms with E-state index in [0.29, 0.717) is 11.1 Å². The van der Waals surface area contributed by atoms with Gasteiger partial charge >= 0.3 is 0 Å². The SMILES string of the molecule is CCC(C)c1ccc(NC(=O)CSc2nnnn2-c2ccccc2)cc1. The van der Waals surface area contributed by atoms with E-state index in [9.17, 15) is 4.79 Å². The van der Waals surface area contributed by atoms with Crippen molar-refractivity contribution in [1.29, 1.82) is 0 Å². The highest BCUT2D eigenvalue weighted by atomic mass is 32.2. The van der Waals surface area contributed by atoms with Crippen LogP contribution in [0.2, 0.25) is 0 Å². The third kappa shape index (κ3) is 4.49. The monoisotopic (exact) mass is 367 g/mol. The van der Waals surface area contributed by atoms with Crippen molar-refractivity contribution in [2.75, 3.05) is 11.1 Å². The van der Waals surface area contributed by atoms with Gasteiger partial charge in [-0.3, -0.25) is 4.79 Å². The summed E-state index contributed by atoms with van der Waals surface area (Å²) in [5.41, 5.74) is 2.94. The third-order valence-electron chi connectivity index (χ3n) is 4.15. The van der Waals surface area contributed by atoms with Crippen molar-refractivity contribution in [3.63, 3.8) is 0 Å². The number of aromatic nitrogens is 4. The van der Waals surface area contributed by atoms with Gasteiger partial charge in [0.25, 0.3) is 0 Å². The molecule has 3 rings (SSSR count). The van der Waals surface area contributed by atoms with Gasteiger partial charge in [0.15, 0.2) is 0 Å². The Morgan fingerprint density at radius 3 is 2.58 bits per heavy atom. The molecular weight excluding hydrogens is 346 g/mol. The first kappa shape index (κ1) is 18.1. The number of tetrazole rings is 1. The van der Waals surface area contributed by atoms with Crippen molar-refractivity contribution < 1.29 is 4.79 Å². The van der Waals surface area contributed by atoms with E-state index in [1.165, 1.54) is 17.3 Å². The van der Waals surface area contributed by atoms with Crippen LogP contribution in [0.25, 0.3) is 5.69 Å². The Kier molecular flexibility index (Phi) is 6.01. The molecule has 6 nitrogen and oxygen atoms in total. The van der Waals surface area contributed by atoms with Gasteiger partial charge in [0, 0.05) is 5.69 Å². The highest BCUT2D eigenvalue weighted by Gasteiger charge is 2.11. The van der Waals surface area contributed by atoms with Crippen molar-refractivity contribution in [3.05, 3.63) is 60.2 Å². The van der Waals surface area contributed by atoms with E-state index in [1.807, 2.05) is 42.5 Å². The normalized spacial score (nSPS) is 11.9. The molecule has 1 amide bonds. The standard InChI is InChI=1S/C19H21N5OS/c1-3-14(2)15-9-11-16(12-10-15)20-18(25)13-26-19-21-22-23-24(19)17-7-5-4-6-8-17/h4-12,14H,3,13H2,1-2H3,(H,20,25). The average molecular weight is 367 g/mol. The number of para-hydroxylation sites is 1. The molecule has 0 bridgehead atoms. The van der Waals surface area contributed by atoms with E-state index < -0.39 is 0 Å². The number of anilines is 1. The molecule has 0 aliphatic heterocycles. The van der Waals surface area contributed by atoms with E-state index in [-0.39, 0.29) is 11.7 Å². The van der Waals surface area contributed by atoms with Crippen LogP contribution in [0.4, 0.5) is 5.69 Å². The number of rotatable bonds is 7. The van der Waals surface area contributed by atoms with Crippen molar-refractivity contribution in [1.82, 2.24) is 20.2 Å². The molecule has 0 radical (unpaired) electrons. The maximum atomic E-state index is 12.2. The molecule has 1 atom stereocenters. The largest absolute Gasteiger partial charge is 0.325 e. The molecular formula is C19H21N5OS. The van der Waals surface area contributed by atoms with Crippen molar-refractivity contribution in [2.45, 2.75) is 31.3 Å². The van der Waals surface area contributed by atoms with Gasteiger partial charge in [0.2, 0.25) is 11.1 Å². The number of thioether (sulfide) groups is 1. The van der Waals surface area contributed by atoms with Crippen LogP contribution in [-0.2, 0) is 4.79 Å². The van der Waals surface area contributed by atoms with E-state index in [2.05, 4.69) is 46.8 Å². The third-order valence-corrected chi connectivity index (χ3v) is 5.07. The van der Waals surface area contributed by atoms with Crippen molar-refractivity contribution in [3.8, 4) is 5.69 Å². The molecule has 0 aliphatic carbocycles. The second-order valence-corrected chi connectivity index (χ2v) is 6.92. The number of hydrogen-bond acceptors (Lipinski definition) is 5. The maximum absolute atomic E-state index is 12.2. The highest BCUT2D eigenvalue weighted by molar-refractivity contribution is 7.99. The van der Waals surface area contributed by atoms with Gasteiger partial charge in [-0.2, -0.15) is 4.68 Å². The smallest absolute Gasteiger partial charge is 0.234 e. The minimum atomic E-state index is -0.0890. The van der Waals surface area contributed by atoms with Crippen LogP contribution in [0, 0.1) is 0 Å². The van der Waals surface area contributed by atoms with Gasteiger partial charge < -0.3 is 5.32 Å². The summed E-state index contributed by atoms with van der Waals surface area (Å²) in [4.78, 5) is 12.2. The fourth-order valence-corrected chi connectivity index (χ4v) is 3.15. The summed E-state index contributed by atoms with van der Waals surface area (Å²) >= 11 is 1.30. The first-order valence-electron chi connectivity index (χ1n) is 8.53. The molecule has 7 heteroatoms. The molecule has 0 saturated heterocycles. The Balaban J connectivity index is 1.58. The highest BCUT2D eigenvalue weighted by Crippen LogP contribution is 2.21. The lowest BCUT2D eigenvalue weighted by Gasteiger charge is -2.10. The molecule has 26 heavy (non-hydrogen) atoms. The summed E-state index contributed by atoms with van der Waals surface area (Å²) in [6.45, 7) is 4.36. The van der Waals surface area contributed by atoms with Crippen LogP contribution < -0.4 is 5.32 Å². The average Bonchev–Trinajstić information content (AvgIpc) is 3.16. The lowest BCUT2D eigenvalue weighted by Crippen LogP contribution is -2.14. The molecule has 0 fully saturated rings. The van der Waals surface area contributed by atoms with E-state index in [4.69, 9.17) is 0 Å². The number of nitrogens with one attached hydrogen (secondary N) is 1. The van der Waals surface area contributed by atoms with Gasteiger partial charge in [-0.25, -0.2) is 0 Å². The molecule has 1 heterocycles. The summed E-state index contributed by atoms with van der Waals surface area (Å²) in [6, 6.07) is 17.6. The van der Waals surface area contributed by atoms with Crippen LogP contribution in [0.3, 0.4) is 0 Å². The van der Waals surface area contributed by atoms with Gasteiger partial charge in [-0.15, -0.1) is 5.10 Å². The number of amides is 1. The number of hydrogen-bond donors (Lipinski definition) is 1. The van der Waals surface area contributed by atoms with E-state index in [1.54, 1.807) is 4.68 Å².